The zero-order valence-electron chi connectivity index (χ0n) is 56.7. The molecule has 0 aromatic rings. The van der Waals surface area contributed by atoms with Gasteiger partial charge in [0, 0.05) is 6.42 Å². The van der Waals surface area contributed by atoms with Crippen LogP contribution in [-0.4, -0.2) is 87.5 Å². The van der Waals surface area contributed by atoms with Crippen LogP contribution in [0.2, 0.25) is 0 Å². The molecule has 1 rings (SSSR count). The molecule has 9 nitrogen and oxygen atoms in total. The lowest BCUT2D eigenvalue weighted by Crippen LogP contribution is -2.60. The molecule has 1 aliphatic heterocycles. The van der Waals surface area contributed by atoms with Gasteiger partial charge in [-0.05, 0) is 44.9 Å². The standard InChI is InChI=1S/C76H147NO8/c1-3-5-7-9-11-13-15-17-19-21-23-25-27-29-31-33-34-35-36-38-39-41-43-45-47-49-51-53-55-57-59-61-63-65-70(79)69(68-84-76-75(83)74(82)73(81)71(67-78)85-76)77-72(80)66-64-62-60-58-56-54-52-50-48-46-44-42-40-37-32-30-28-26-24-22-20-18-16-14-12-10-8-6-4-2/h16,18,22,24,69-71,73-76,78-79,81-83H,3-15,17,19-21,23,25-68H2,1-2H3,(H,77,80)/b18-16-,24-22-. The van der Waals surface area contributed by atoms with Gasteiger partial charge in [0.1, 0.15) is 24.4 Å². The van der Waals surface area contributed by atoms with Crippen molar-refractivity contribution < 1.29 is 39.8 Å². The molecule has 85 heavy (non-hydrogen) atoms. The molecule has 0 aromatic carbocycles. The van der Waals surface area contributed by atoms with E-state index in [-0.39, 0.29) is 12.5 Å². The van der Waals surface area contributed by atoms with Gasteiger partial charge in [0.25, 0.3) is 0 Å². The normalized spacial score (nSPS) is 18.1. The highest BCUT2D eigenvalue weighted by atomic mass is 16.7. The first-order valence-electron chi connectivity index (χ1n) is 38.0. The maximum atomic E-state index is 13.2. The summed E-state index contributed by atoms with van der Waals surface area (Å²) in [7, 11) is 0. The van der Waals surface area contributed by atoms with E-state index in [1.807, 2.05) is 0 Å². The van der Waals surface area contributed by atoms with E-state index in [1.54, 1.807) is 0 Å². The highest BCUT2D eigenvalue weighted by Gasteiger charge is 2.44. The molecular formula is C76H147NO8. The molecular weight excluding hydrogens is 1050 g/mol. The van der Waals surface area contributed by atoms with Crippen LogP contribution in [0.5, 0.6) is 0 Å². The van der Waals surface area contributed by atoms with Crippen LogP contribution in [0.25, 0.3) is 0 Å². The highest BCUT2D eigenvalue weighted by Crippen LogP contribution is 2.24. The number of allylic oxidation sites excluding steroid dienone is 4. The lowest BCUT2D eigenvalue weighted by molar-refractivity contribution is -0.302. The maximum absolute atomic E-state index is 13.2. The molecule has 1 aliphatic rings. The Balaban J connectivity index is 2.07. The average molecular weight is 1200 g/mol. The van der Waals surface area contributed by atoms with Crippen LogP contribution in [0, 0.1) is 0 Å². The molecule has 1 heterocycles. The van der Waals surface area contributed by atoms with E-state index >= 15 is 0 Å². The summed E-state index contributed by atoms with van der Waals surface area (Å²) in [5, 5.41) is 55.0. The van der Waals surface area contributed by atoms with Crippen LogP contribution < -0.4 is 5.32 Å². The van der Waals surface area contributed by atoms with Crippen molar-refractivity contribution in [3.05, 3.63) is 24.3 Å². The smallest absolute Gasteiger partial charge is 0.220 e. The molecule has 0 bridgehead atoms. The summed E-state index contributed by atoms with van der Waals surface area (Å²) in [5.74, 6) is -0.136. The van der Waals surface area contributed by atoms with Gasteiger partial charge in [-0.2, -0.15) is 0 Å². The number of hydrogen-bond donors (Lipinski definition) is 6. The Morgan fingerprint density at radius 2 is 0.694 bits per heavy atom. The number of nitrogens with one attached hydrogen (secondary N) is 1. The number of unbranched alkanes of at least 4 members (excludes halogenated alkanes) is 54. The van der Waals surface area contributed by atoms with E-state index in [0.29, 0.717) is 12.8 Å². The number of rotatable bonds is 68. The summed E-state index contributed by atoms with van der Waals surface area (Å²) in [4.78, 5) is 13.2. The van der Waals surface area contributed by atoms with Crippen molar-refractivity contribution in [3.8, 4) is 0 Å². The summed E-state index contributed by atoms with van der Waals surface area (Å²) in [6.45, 7) is 3.89. The van der Waals surface area contributed by atoms with E-state index < -0.39 is 49.5 Å². The molecule has 1 saturated heterocycles. The van der Waals surface area contributed by atoms with E-state index in [2.05, 4.69) is 43.5 Å². The number of carbonyl (C=O) groups is 1. The second kappa shape index (κ2) is 65.6. The minimum Gasteiger partial charge on any atom is -0.394 e. The van der Waals surface area contributed by atoms with Crippen molar-refractivity contribution in [1.82, 2.24) is 5.32 Å². The molecule has 504 valence electrons. The predicted octanol–water partition coefficient (Wildman–Crippen LogP) is 21.2. The van der Waals surface area contributed by atoms with Crippen molar-refractivity contribution in [2.24, 2.45) is 0 Å². The quantitative estimate of drug-likeness (QED) is 0.0261. The van der Waals surface area contributed by atoms with Gasteiger partial charge in [0.2, 0.25) is 5.91 Å². The Labute approximate surface area is 528 Å². The average Bonchev–Trinajstić information content (AvgIpc) is 3.56. The minimum atomic E-state index is -1.55. The fourth-order valence-electron chi connectivity index (χ4n) is 12.6. The van der Waals surface area contributed by atoms with Gasteiger partial charge >= 0.3 is 0 Å². The second-order valence-electron chi connectivity index (χ2n) is 26.8. The third-order valence-corrected chi connectivity index (χ3v) is 18.6. The van der Waals surface area contributed by atoms with Crippen LogP contribution in [0.3, 0.4) is 0 Å². The van der Waals surface area contributed by atoms with Crippen molar-refractivity contribution in [2.45, 2.75) is 442 Å². The minimum absolute atomic E-state index is 0.133. The molecule has 1 amide bonds. The summed E-state index contributed by atoms with van der Waals surface area (Å²) in [5.41, 5.74) is 0. The first-order chi connectivity index (χ1) is 41.8. The summed E-state index contributed by atoms with van der Waals surface area (Å²) >= 11 is 0. The molecule has 0 aliphatic carbocycles. The molecule has 0 spiro atoms. The number of amides is 1. The first-order valence-corrected chi connectivity index (χ1v) is 38.0. The van der Waals surface area contributed by atoms with E-state index in [0.717, 1.165) is 44.9 Å². The van der Waals surface area contributed by atoms with Gasteiger partial charge in [-0.1, -0.05) is 372 Å². The Kier molecular flexibility index (Phi) is 63.1. The van der Waals surface area contributed by atoms with Gasteiger partial charge in [-0.25, -0.2) is 0 Å². The lowest BCUT2D eigenvalue weighted by Gasteiger charge is -2.40. The van der Waals surface area contributed by atoms with Crippen molar-refractivity contribution in [3.63, 3.8) is 0 Å². The van der Waals surface area contributed by atoms with Gasteiger partial charge < -0.3 is 40.3 Å². The van der Waals surface area contributed by atoms with E-state index in [4.69, 9.17) is 9.47 Å². The Morgan fingerprint density at radius 1 is 0.400 bits per heavy atom. The summed E-state index contributed by atoms with van der Waals surface area (Å²) in [6.07, 6.45) is 79.9. The van der Waals surface area contributed by atoms with Crippen molar-refractivity contribution in [2.75, 3.05) is 13.2 Å². The van der Waals surface area contributed by atoms with E-state index in [1.165, 1.54) is 327 Å². The maximum Gasteiger partial charge on any atom is 0.220 e. The van der Waals surface area contributed by atoms with Crippen LogP contribution in [-0.2, 0) is 14.3 Å². The number of ether oxygens (including phenoxy) is 2. The first kappa shape index (κ1) is 81.7. The van der Waals surface area contributed by atoms with Gasteiger partial charge in [0.15, 0.2) is 6.29 Å². The van der Waals surface area contributed by atoms with Crippen LogP contribution in [0.1, 0.15) is 399 Å². The molecule has 6 N–H and O–H groups in total. The molecule has 0 aromatic heterocycles. The van der Waals surface area contributed by atoms with Crippen molar-refractivity contribution >= 4 is 5.91 Å². The molecule has 7 atom stereocenters. The Bertz CT molecular complexity index is 1390. The topological polar surface area (TPSA) is 149 Å². The van der Waals surface area contributed by atoms with Crippen LogP contribution in [0.15, 0.2) is 24.3 Å². The predicted molar refractivity (Wildman–Crippen MR) is 364 cm³/mol. The lowest BCUT2D eigenvalue weighted by atomic mass is 9.99. The largest absolute Gasteiger partial charge is 0.394 e. The highest BCUT2D eigenvalue weighted by molar-refractivity contribution is 5.76. The summed E-state index contributed by atoms with van der Waals surface area (Å²) < 4.78 is 11.4. The fraction of sp³-hybridized carbons (Fsp3) is 0.934. The molecule has 9 heteroatoms. The third kappa shape index (κ3) is 54.2. The van der Waals surface area contributed by atoms with E-state index in [9.17, 15) is 30.3 Å². The monoisotopic (exact) mass is 1200 g/mol. The number of hydrogen-bond acceptors (Lipinski definition) is 8. The van der Waals surface area contributed by atoms with Gasteiger partial charge in [0.05, 0.1) is 25.4 Å². The fourth-order valence-corrected chi connectivity index (χ4v) is 12.6. The SMILES string of the molecule is CCCCCCC/C=C\C/C=C\CCCCCCCCCCCCCCCCCCCC(=O)NC(COC1OC(CO)C(O)C(O)C1O)C(O)CCCCCCCCCCCCCCCCCCCCCCCCCCCCCCCCCCC. The number of carbonyl (C=O) groups excluding carboxylic acids is 1. The number of aliphatic hydroxyl groups is 5. The van der Waals surface area contributed by atoms with Crippen LogP contribution in [0.4, 0.5) is 0 Å². The molecule has 0 radical (unpaired) electrons. The van der Waals surface area contributed by atoms with Gasteiger partial charge in [-0.15, -0.1) is 0 Å². The zero-order valence-corrected chi connectivity index (χ0v) is 56.7. The van der Waals surface area contributed by atoms with Gasteiger partial charge in [-0.3, -0.25) is 4.79 Å². The van der Waals surface area contributed by atoms with Crippen molar-refractivity contribution in [1.29, 1.82) is 0 Å². The number of aliphatic hydroxyl groups excluding tert-OH is 5. The molecule has 7 unspecified atom stereocenters. The third-order valence-electron chi connectivity index (χ3n) is 18.6. The summed E-state index contributed by atoms with van der Waals surface area (Å²) in [6, 6.07) is -0.719. The zero-order chi connectivity index (χ0) is 61.4. The second-order valence-corrected chi connectivity index (χ2v) is 26.8. The molecule has 0 saturated carbocycles. The molecule has 1 fully saturated rings. The Morgan fingerprint density at radius 3 is 1.01 bits per heavy atom. The Hall–Kier alpha value is -1.33. The van der Waals surface area contributed by atoms with Crippen LogP contribution >= 0.6 is 0 Å².